The molecule has 0 atom stereocenters. The highest BCUT2D eigenvalue weighted by Gasteiger charge is 2.26. The summed E-state index contributed by atoms with van der Waals surface area (Å²) in [5, 5.41) is 16.1. The summed E-state index contributed by atoms with van der Waals surface area (Å²) in [7, 11) is -3.64. The quantitative estimate of drug-likeness (QED) is 0.609. The SMILES string of the molecule is CCc1ccc(OCC(C)(C)CS(N)(=O)=O)c([N+](=O)[O-])c1. The molecule has 1 aromatic carbocycles. The van der Waals surface area contributed by atoms with E-state index in [4.69, 9.17) is 9.88 Å². The van der Waals surface area contributed by atoms with Gasteiger partial charge in [-0.15, -0.1) is 0 Å². The van der Waals surface area contributed by atoms with Gasteiger partial charge in [0.2, 0.25) is 10.0 Å². The summed E-state index contributed by atoms with van der Waals surface area (Å²) in [5.74, 6) is -0.138. The molecule has 8 heteroatoms. The fraction of sp³-hybridized carbons (Fsp3) is 0.538. The maximum Gasteiger partial charge on any atom is 0.311 e. The number of aryl methyl sites for hydroxylation is 1. The molecule has 0 aromatic heterocycles. The van der Waals surface area contributed by atoms with E-state index < -0.39 is 20.4 Å². The third-order valence-electron chi connectivity index (χ3n) is 2.84. The minimum absolute atomic E-state index is 0.00966. The van der Waals surface area contributed by atoms with Crippen LogP contribution in [-0.2, 0) is 16.4 Å². The summed E-state index contributed by atoms with van der Waals surface area (Å²) < 4.78 is 27.7. The maximum atomic E-state index is 11.1. The van der Waals surface area contributed by atoms with E-state index in [-0.39, 0.29) is 23.8 Å². The molecule has 118 valence electrons. The molecule has 0 unspecified atom stereocenters. The number of rotatable bonds is 7. The Kier molecular flexibility index (Phi) is 5.30. The largest absolute Gasteiger partial charge is 0.486 e. The Hall–Kier alpha value is -1.67. The number of hydrogen-bond acceptors (Lipinski definition) is 5. The minimum Gasteiger partial charge on any atom is -0.486 e. The van der Waals surface area contributed by atoms with Crippen molar-refractivity contribution in [2.75, 3.05) is 12.4 Å². The van der Waals surface area contributed by atoms with Gasteiger partial charge in [-0.05, 0) is 18.1 Å². The number of nitro groups is 1. The molecule has 0 bridgehead atoms. The van der Waals surface area contributed by atoms with Crippen LogP contribution in [0.15, 0.2) is 18.2 Å². The lowest BCUT2D eigenvalue weighted by Gasteiger charge is -2.23. The van der Waals surface area contributed by atoms with E-state index >= 15 is 0 Å². The molecule has 2 N–H and O–H groups in total. The van der Waals surface area contributed by atoms with Crippen molar-refractivity contribution < 1.29 is 18.1 Å². The smallest absolute Gasteiger partial charge is 0.311 e. The Morgan fingerprint density at radius 2 is 2.00 bits per heavy atom. The van der Waals surface area contributed by atoms with Gasteiger partial charge in [-0.2, -0.15) is 0 Å². The van der Waals surface area contributed by atoms with E-state index in [1.165, 1.54) is 12.1 Å². The molecule has 0 aliphatic rings. The van der Waals surface area contributed by atoms with Crippen LogP contribution >= 0.6 is 0 Å². The topological polar surface area (TPSA) is 113 Å². The highest BCUT2D eigenvalue weighted by atomic mass is 32.2. The number of nitro benzene ring substituents is 1. The lowest BCUT2D eigenvalue weighted by molar-refractivity contribution is -0.386. The summed E-state index contributed by atoms with van der Waals surface area (Å²) in [6.45, 7) is 5.25. The Balaban J connectivity index is 2.91. The Morgan fingerprint density at radius 1 is 1.38 bits per heavy atom. The second-order valence-corrected chi connectivity index (χ2v) is 7.29. The molecule has 1 rings (SSSR count). The molecule has 0 saturated heterocycles. The van der Waals surface area contributed by atoms with Gasteiger partial charge >= 0.3 is 5.69 Å². The molecule has 0 aliphatic heterocycles. The molecule has 0 aliphatic carbocycles. The molecule has 0 fully saturated rings. The van der Waals surface area contributed by atoms with E-state index in [1.54, 1.807) is 19.9 Å². The van der Waals surface area contributed by atoms with E-state index in [0.29, 0.717) is 6.42 Å². The normalized spacial score (nSPS) is 12.2. The van der Waals surface area contributed by atoms with Crippen molar-refractivity contribution in [1.29, 1.82) is 0 Å². The van der Waals surface area contributed by atoms with E-state index in [9.17, 15) is 18.5 Å². The second kappa shape index (κ2) is 6.40. The third kappa shape index (κ3) is 5.68. The molecular formula is C13H20N2O5S. The van der Waals surface area contributed by atoms with Gasteiger partial charge in [0.15, 0.2) is 5.75 Å². The number of nitrogens with zero attached hydrogens (tertiary/aromatic N) is 1. The van der Waals surface area contributed by atoms with Gasteiger partial charge in [0, 0.05) is 11.5 Å². The van der Waals surface area contributed by atoms with Crippen LogP contribution in [0.1, 0.15) is 26.3 Å². The molecule has 0 saturated carbocycles. The molecule has 1 aromatic rings. The van der Waals surface area contributed by atoms with E-state index in [1.807, 2.05) is 6.92 Å². The zero-order valence-corrected chi connectivity index (χ0v) is 13.1. The summed E-state index contributed by atoms with van der Waals surface area (Å²) in [6.07, 6.45) is 0.679. The van der Waals surface area contributed by atoms with E-state index in [2.05, 4.69) is 0 Å². The molecular weight excluding hydrogens is 296 g/mol. The van der Waals surface area contributed by atoms with Gasteiger partial charge in [-0.1, -0.05) is 26.8 Å². The fourth-order valence-corrected chi connectivity index (χ4v) is 3.08. The molecule has 0 radical (unpaired) electrons. The van der Waals surface area contributed by atoms with Crippen LogP contribution < -0.4 is 9.88 Å². The van der Waals surface area contributed by atoms with Gasteiger partial charge in [-0.3, -0.25) is 10.1 Å². The first-order chi connectivity index (χ1) is 9.54. The number of benzene rings is 1. The van der Waals surface area contributed by atoms with Crippen molar-refractivity contribution in [3.05, 3.63) is 33.9 Å². The number of ether oxygens (including phenoxy) is 1. The monoisotopic (exact) mass is 316 g/mol. The standard InChI is InChI=1S/C13H20N2O5S/c1-4-10-5-6-12(11(7-10)15(16)17)20-8-13(2,3)9-21(14,18)19/h5-7H,4,8-9H2,1-3H3,(H2,14,18,19). The predicted molar refractivity (Wildman–Crippen MR) is 79.7 cm³/mol. The molecule has 0 amide bonds. The first-order valence-corrected chi connectivity index (χ1v) is 8.16. The van der Waals surface area contributed by atoms with Crippen molar-refractivity contribution in [3.63, 3.8) is 0 Å². The summed E-state index contributed by atoms with van der Waals surface area (Å²) in [4.78, 5) is 10.5. The Morgan fingerprint density at radius 3 is 2.48 bits per heavy atom. The van der Waals surface area contributed by atoms with Crippen molar-refractivity contribution in [1.82, 2.24) is 0 Å². The maximum absolute atomic E-state index is 11.1. The van der Waals surface area contributed by atoms with Crippen LogP contribution in [0.2, 0.25) is 0 Å². The number of hydrogen-bond donors (Lipinski definition) is 1. The molecule has 7 nitrogen and oxygen atoms in total. The lowest BCUT2D eigenvalue weighted by atomic mass is 9.98. The molecule has 0 heterocycles. The van der Waals surface area contributed by atoms with Gasteiger partial charge in [0.1, 0.15) is 0 Å². The number of sulfonamides is 1. The second-order valence-electron chi connectivity index (χ2n) is 5.67. The van der Waals surface area contributed by atoms with Crippen LogP contribution in [0, 0.1) is 15.5 Å². The van der Waals surface area contributed by atoms with Crippen LogP contribution in [0.3, 0.4) is 0 Å². The van der Waals surface area contributed by atoms with Crippen molar-refractivity contribution in [2.45, 2.75) is 27.2 Å². The molecule has 21 heavy (non-hydrogen) atoms. The number of primary sulfonamides is 1. The minimum atomic E-state index is -3.64. The van der Waals surface area contributed by atoms with Crippen molar-refractivity contribution in [3.8, 4) is 5.75 Å². The Labute approximate surface area is 124 Å². The van der Waals surface area contributed by atoms with Crippen LogP contribution in [0.5, 0.6) is 5.75 Å². The van der Waals surface area contributed by atoms with Gasteiger partial charge in [0.05, 0.1) is 17.3 Å². The third-order valence-corrected chi connectivity index (χ3v) is 4.02. The lowest BCUT2D eigenvalue weighted by Crippen LogP contribution is -2.33. The Bertz CT molecular complexity index is 625. The highest BCUT2D eigenvalue weighted by molar-refractivity contribution is 7.89. The molecule has 0 spiro atoms. The fourth-order valence-electron chi connectivity index (χ4n) is 1.91. The average molecular weight is 316 g/mol. The van der Waals surface area contributed by atoms with Crippen LogP contribution in [0.4, 0.5) is 5.69 Å². The zero-order valence-electron chi connectivity index (χ0n) is 12.3. The van der Waals surface area contributed by atoms with E-state index in [0.717, 1.165) is 5.56 Å². The van der Waals surface area contributed by atoms with Gasteiger partial charge in [0.25, 0.3) is 0 Å². The summed E-state index contributed by atoms with van der Waals surface area (Å²) >= 11 is 0. The zero-order chi connectivity index (χ0) is 16.3. The first kappa shape index (κ1) is 17.4. The summed E-state index contributed by atoms with van der Waals surface area (Å²) in [6, 6.07) is 4.74. The highest BCUT2D eigenvalue weighted by Crippen LogP contribution is 2.30. The number of nitrogens with two attached hydrogens (primary N) is 1. The van der Waals surface area contributed by atoms with Crippen LogP contribution in [0.25, 0.3) is 0 Å². The van der Waals surface area contributed by atoms with Gasteiger partial charge < -0.3 is 4.74 Å². The first-order valence-electron chi connectivity index (χ1n) is 6.45. The average Bonchev–Trinajstić information content (AvgIpc) is 2.33. The van der Waals surface area contributed by atoms with Crippen molar-refractivity contribution >= 4 is 15.7 Å². The van der Waals surface area contributed by atoms with Crippen molar-refractivity contribution in [2.24, 2.45) is 10.6 Å². The van der Waals surface area contributed by atoms with Crippen LogP contribution in [-0.4, -0.2) is 25.7 Å². The summed E-state index contributed by atoms with van der Waals surface area (Å²) in [5.41, 5.74) is -0.0381. The van der Waals surface area contributed by atoms with Gasteiger partial charge in [-0.25, -0.2) is 13.6 Å². The predicted octanol–water partition coefficient (Wildman–Crippen LogP) is 1.85.